The zero-order valence-electron chi connectivity index (χ0n) is 21.6. The molecule has 0 saturated carbocycles. The van der Waals surface area contributed by atoms with Crippen molar-refractivity contribution in [3.8, 4) is 0 Å². The summed E-state index contributed by atoms with van der Waals surface area (Å²) in [5, 5.41) is 7.29. The quantitative estimate of drug-likeness (QED) is 0.482. The highest BCUT2D eigenvalue weighted by Gasteiger charge is 2.50. The zero-order valence-corrected chi connectivity index (χ0v) is 24.0. The van der Waals surface area contributed by atoms with Crippen molar-refractivity contribution in [1.29, 1.82) is 0 Å². The van der Waals surface area contributed by atoms with Gasteiger partial charge in [0, 0.05) is 48.0 Å². The summed E-state index contributed by atoms with van der Waals surface area (Å²) in [5.41, 5.74) is 0.588. The van der Waals surface area contributed by atoms with E-state index in [4.69, 9.17) is 11.6 Å². The average molecular weight is 586 g/mol. The molecule has 0 unspecified atom stereocenters. The Balaban J connectivity index is 1.20. The molecule has 3 aromatic heterocycles. The number of anilines is 2. The van der Waals surface area contributed by atoms with Crippen LogP contribution in [0.5, 0.6) is 0 Å². The van der Waals surface area contributed by atoms with E-state index < -0.39 is 5.66 Å². The molecule has 2 fully saturated rings. The highest BCUT2D eigenvalue weighted by atomic mass is 35.5. The summed E-state index contributed by atoms with van der Waals surface area (Å²) in [6, 6.07) is 1.87. The maximum Gasteiger partial charge on any atom is 0.276 e. The third-order valence-electron chi connectivity index (χ3n) is 8.54. The summed E-state index contributed by atoms with van der Waals surface area (Å²) >= 11 is 9.78. The molecule has 0 aromatic carbocycles. The minimum Gasteiger partial charge on any atom is -0.340 e. The van der Waals surface area contributed by atoms with Crippen LogP contribution in [0.1, 0.15) is 34.3 Å². The van der Waals surface area contributed by atoms with Crippen molar-refractivity contribution in [3.63, 3.8) is 0 Å². The standard InChI is InChI=1S/C26H28ClN7O3S2/c1-13-9-33(6-5-32(13)2)24(36)14-3-4-15-18(7-14)39-23-19(15)21(28-12-29-23)30-17-8-16(27)20-22(35)31-26(10-38-11-26)34(20)25(17)37/h8,12-14H,3-7,9-11H2,1-2H3,(H,31,35)(H,28,29,30)/t13-,14+/m1/s1. The van der Waals surface area contributed by atoms with Gasteiger partial charge < -0.3 is 20.4 Å². The first-order chi connectivity index (χ1) is 18.8. The molecule has 3 aromatic rings. The summed E-state index contributed by atoms with van der Waals surface area (Å²) in [4.78, 5) is 54.9. The van der Waals surface area contributed by atoms with E-state index in [1.165, 1.54) is 17.0 Å². The van der Waals surface area contributed by atoms with Crippen LogP contribution in [0.4, 0.5) is 11.5 Å². The normalized spacial score (nSPS) is 23.9. The van der Waals surface area contributed by atoms with E-state index in [1.54, 1.807) is 23.1 Å². The number of aryl methyl sites for hydroxylation is 1. The van der Waals surface area contributed by atoms with Crippen LogP contribution in [0, 0.1) is 5.92 Å². The Hall–Kier alpha value is -2.67. The molecule has 2 N–H and O–H groups in total. The van der Waals surface area contributed by atoms with Gasteiger partial charge >= 0.3 is 0 Å². The van der Waals surface area contributed by atoms with Crippen LogP contribution in [0.15, 0.2) is 17.2 Å². The number of likely N-dealkylation sites (N-methyl/N-ethyl adjacent to an activating group) is 1. The van der Waals surface area contributed by atoms with Crippen molar-refractivity contribution in [2.24, 2.45) is 5.92 Å². The van der Waals surface area contributed by atoms with Gasteiger partial charge in [-0.1, -0.05) is 11.6 Å². The summed E-state index contributed by atoms with van der Waals surface area (Å²) in [7, 11) is 2.11. The number of thiophene rings is 1. The highest BCUT2D eigenvalue weighted by Crippen LogP contribution is 2.42. The van der Waals surface area contributed by atoms with Crippen LogP contribution in [0.25, 0.3) is 10.2 Å². The fourth-order valence-corrected chi connectivity index (χ4v) is 8.71. The molecule has 204 valence electrons. The number of rotatable bonds is 3. The topological polar surface area (TPSA) is 112 Å². The molecule has 0 radical (unpaired) electrons. The Morgan fingerprint density at radius 2 is 2.08 bits per heavy atom. The molecule has 13 heteroatoms. The number of pyridine rings is 1. The lowest BCUT2D eigenvalue weighted by Gasteiger charge is -2.39. The number of hydrogen-bond donors (Lipinski definition) is 2. The number of amides is 2. The van der Waals surface area contributed by atoms with Gasteiger partial charge in [-0.2, -0.15) is 11.8 Å². The van der Waals surface area contributed by atoms with Gasteiger partial charge in [0.25, 0.3) is 11.5 Å². The molecule has 2 atom stereocenters. The van der Waals surface area contributed by atoms with Crippen molar-refractivity contribution in [1.82, 2.24) is 29.7 Å². The minimum atomic E-state index is -0.721. The number of aromatic nitrogens is 3. The second-order valence-electron chi connectivity index (χ2n) is 11.0. The third-order valence-corrected chi connectivity index (χ3v) is 11.4. The van der Waals surface area contributed by atoms with E-state index in [0.717, 1.165) is 53.1 Å². The summed E-state index contributed by atoms with van der Waals surface area (Å²) in [6.45, 7) is 4.60. The average Bonchev–Trinajstić information content (AvgIpc) is 3.44. The number of halogens is 1. The first-order valence-corrected chi connectivity index (χ1v) is 15.5. The van der Waals surface area contributed by atoms with Crippen molar-refractivity contribution in [2.45, 2.75) is 37.9 Å². The van der Waals surface area contributed by atoms with E-state index in [2.05, 4.69) is 39.5 Å². The van der Waals surface area contributed by atoms with Crippen LogP contribution >= 0.6 is 34.7 Å². The molecule has 3 aliphatic heterocycles. The third kappa shape index (κ3) is 3.90. The fourth-order valence-electron chi connectivity index (χ4n) is 6.17. The van der Waals surface area contributed by atoms with Gasteiger partial charge in [-0.05, 0) is 44.9 Å². The summed E-state index contributed by atoms with van der Waals surface area (Å²) in [5.74, 6) is 1.66. The maximum atomic E-state index is 13.6. The van der Waals surface area contributed by atoms with Crippen LogP contribution in [-0.4, -0.2) is 80.4 Å². The SMILES string of the molecule is C[C@@H]1CN(C(=O)[C@H]2CCc3c(sc4ncnc(Nc5cc(Cl)c6n(c5=O)C5(CSC5)NC6=O)c34)C2)CCN1C. The Kier molecular flexibility index (Phi) is 5.96. The van der Waals surface area contributed by atoms with Crippen LogP contribution in [-0.2, 0) is 23.3 Å². The van der Waals surface area contributed by atoms with Gasteiger partial charge in [-0.3, -0.25) is 19.0 Å². The molecule has 1 spiro atoms. The molecular weight excluding hydrogens is 558 g/mol. The highest BCUT2D eigenvalue weighted by molar-refractivity contribution is 8.00. The van der Waals surface area contributed by atoms with Crippen molar-refractivity contribution in [3.05, 3.63) is 43.9 Å². The van der Waals surface area contributed by atoms with Gasteiger partial charge in [-0.25, -0.2) is 9.97 Å². The van der Waals surface area contributed by atoms with Crippen molar-refractivity contribution < 1.29 is 9.59 Å². The lowest BCUT2D eigenvalue weighted by Crippen LogP contribution is -2.57. The lowest BCUT2D eigenvalue weighted by molar-refractivity contribution is -0.138. The smallest absolute Gasteiger partial charge is 0.276 e. The maximum absolute atomic E-state index is 13.6. The zero-order chi connectivity index (χ0) is 27.1. The predicted molar refractivity (Wildman–Crippen MR) is 153 cm³/mol. The van der Waals surface area contributed by atoms with Gasteiger partial charge in [0.05, 0.1) is 10.4 Å². The Labute approximate surface area is 238 Å². The van der Waals surface area contributed by atoms with Gasteiger partial charge in [0.15, 0.2) is 0 Å². The Morgan fingerprint density at radius 1 is 1.26 bits per heavy atom. The molecule has 0 bridgehead atoms. The van der Waals surface area contributed by atoms with E-state index in [1.807, 2.05) is 4.90 Å². The predicted octanol–water partition coefficient (Wildman–Crippen LogP) is 2.66. The summed E-state index contributed by atoms with van der Waals surface area (Å²) in [6.07, 6.45) is 3.70. The number of carbonyl (C=O) groups is 2. The Morgan fingerprint density at radius 3 is 2.82 bits per heavy atom. The number of nitrogens with one attached hydrogen (secondary N) is 2. The number of thioether (sulfide) groups is 1. The molecule has 2 amide bonds. The fraction of sp³-hybridized carbons (Fsp3) is 0.500. The first-order valence-electron chi connectivity index (χ1n) is 13.1. The van der Waals surface area contributed by atoms with E-state index in [-0.39, 0.29) is 39.7 Å². The molecule has 6 heterocycles. The molecule has 39 heavy (non-hydrogen) atoms. The number of fused-ring (bicyclic) bond motifs is 5. The molecule has 1 aliphatic carbocycles. The molecule has 2 saturated heterocycles. The number of nitrogens with zero attached hydrogens (tertiary/aromatic N) is 5. The second-order valence-corrected chi connectivity index (χ2v) is 13.4. The lowest BCUT2D eigenvalue weighted by atomic mass is 9.86. The molecule has 7 rings (SSSR count). The van der Waals surface area contributed by atoms with Gasteiger partial charge in [0.2, 0.25) is 5.91 Å². The number of hydrogen-bond acceptors (Lipinski definition) is 9. The second kappa shape index (κ2) is 9.18. The summed E-state index contributed by atoms with van der Waals surface area (Å²) < 4.78 is 1.51. The Bertz CT molecular complexity index is 1600. The number of carbonyl (C=O) groups excluding carboxylic acids is 2. The van der Waals surface area contributed by atoms with Crippen molar-refractivity contribution >= 4 is 68.2 Å². The van der Waals surface area contributed by atoms with Crippen LogP contribution in [0.2, 0.25) is 5.02 Å². The molecular formula is C26H28ClN7O3S2. The van der Waals surface area contributed by atoms with Crippen LogP contribution in [0.3, 0.4) is 0 Å². The van der Waals surface area contributed by atoms with E-state index >= 15 is 0 Å². The van der Waals surface area contributed by atoms with Crippen LogP contribution < -0.4 is 16.2 Å². The van der Waals surface area contributed by atoms with Gasteiger partial charge in [0.1, 0.15) is 34.0 Å². The first kappa shape index (κ1) is 25.3. The number of piperazine rings is 1. The van der Waals surface area contributed by atoms with E-state index in [9.17, 15) is 14.4 Å². The van der Waals surface area contributed by atoms with Gasteiger partial charge in [-0.15, -0.1) is 11.3 Å². The minimum absolute atomic E-state index is 0.0349. The molecule has 10 nitrogen and oxygen atoms in total. The van der Waals surface area contributed by atoms with E-state index in [0.29, 0.717) is 29.8 Å². The van der Waals surface area contributed by atoms with Crippen molar-refractivity contribution in [2.75, 3.05) is 43.5 Å². The largest absolute Gasteiger partial charge is 0.340 e. The molecule has 4 aliphatic rings. The monoisotopic (exact) mass is 585 g/mol.